The van der Waals surface area contributed by atoms with E-state index in [4.69, 9.17) is 10.4 Å². The lowest BCUT2D eigenvalue weighted by Crippen LogP contribution is -2.54. The van der Waals surface area contributed by atoms with Gasteiger partial charge in [0.2, 0.25) is 0 Å². The molecule has 3 aliphatic rings. The maximum absolute atomic E-state index is 12.8. The first kappa shape index (κ1) is 21.4. The molecule has 9 nitrogen and oxygen atoms in total. The van der Waals surface area contributed by atoms with Crippen LogP contribution in [0.2, 0.25) is 0 Å². The number of nitrogens with zero attached hydrogens (tertiary/aromatic N) is 4. The summed E-state index contributed by atoms with van der Waals surface area (Å²) in [5.74, 6) is -0.304. The summed E-state index contributed by atoms with van der Waals surface area (Å²) in [5, 5.41) is 39.6. The van der Waals surface area contributed by atoms with Crippen LogP contribution in [-0.4, -0.2) is 55.0 Å². The maximum Gasteiger partial charge on any atom is 0.255 e. The largest absolute Gasteiger partial charge is 0.395 e. The fourth-order valence-electron chi connectivity index (χ4n) is 5.04. The van der Waals surface area contributed by atoms with Gasteiger partial charge in [0.15, 0.2) is 0 Å². The number of aromatic nitrogens is 3. The Kier molecular flexibility index (Phi) is 5.27. The van der Waals surface area contributed by atoms with Gasteiger partial charge in [0, 0.05) is 18.3 Å². The fourth-order valence-corrected chi connectivity index (χ4v) is 5.04. The minimum Gasteiger partial charge on any atom is -0.395 e. The molecule has 2 bridgehead atoms. The van der Waals surface area contributed by atoms with E-state index in [9.17, 15) is 9.90 Å². The molecule has 170 valence electrons. The fraction of sp³-hybridized carbons (Fsp3) is 0.417. The van der Waals surface area contributed by atoms with Crippen LogP contribution in [0.5, 0.6) is 0 Å². The summed E-state index contributed by atoms with van der Waals surface area (Å²) in [6, 6.07) is 9.48. The van der Waals surface area contributed by atoms with Crippen molar-refractivity contribution in [2.45, 2.75) is 49.7 Å². The van der Waals surface area contributed by atoms with Crippen molar-refractivity contribution < 1.29 is 15.0 Å². The first-order valence-corrected chi connectivity index (χ1v) is 11.2. The van der Waals surface area contributed by atoms with Crippen LogP contribution in [0.25, 0.3) is 16.9 Å². The zero-order valence-corrected chi connectivity index (χ0v) is 18.2. The average Bonchev–Trinajstić information content (AvgIpc) is 3.26. The lowest BCUT2D eigenvalue weighted by Gasteiger charge is -2.51. The highest BCUT2D eigenvalue weighted by atomic mass is 16.3. The summed E-state index contributed by atoms with van der Waals surface area (Å²) in [5.41, 5.74) is 3.02. The Morgan fingerprint density at radius 1 is 1.15 bits per heavy atom. The number of anilines is 1. The Bertz CT molecular complexity index is 1240. The van der Waals surface area contributed by atoms with Gasteiger partial charge in [-0.1, -0.05) is 0 Å². The van der Waals surface area contributed by atoms with Gasteiger partial charge in [-0.15, -0.1) is 0 Å². The molecule has 0 spiro atoms. The lowest BCUT2D eigenvalue weighted by atomic mass is 9.63. The van der Waals surface area contributed by atoms with Crippen molar-refractivity contribution in [2.24, 2.45) is 0 Å². The number of aliphatic hydroxyl groups is 2. The molecule has 0 aliphatic heterocycles. The van der Waals surface area contributed by atoms with Crippen LogP contribution in [0.4, 0.5) is 5.69 Å². The smallest absolute Gasteiger partial charge is 0.255 e. The molecule has 0 aromatic carbocycles. The van der Waals surface area contributed by atoms with Crippen LogP contribution in [0.1, 0.15) is 54.4 Å². The molecule has 0 unspecified atom stereocenters. The van der Waals surface area contributed by atoms with Crippen molar-refractivity contribution in [1.29, 1.82) is 5.26 Å². The number of carbonyl (C=O) groups excluding carboxylic acids is 1. The zero-order chi connectivity index (χ0) is 23.1. The molecule has 3 saturated carbocycles. The second-order valence-electron chi connectivity index (χ2n) is 9.14. The third-order valence-electron chi connectivity index (χ3n) is 7.04. The molecular formula is C24H26N6O3. The number of aliphatic hydroxyl groups excluding tert-OH is 1. The van der Waals surface area contributed by atoms with Gasteiger partial charge in [-0.25, -0.2) is 4.52 Å². The Balaban J connectivity index is 1.53. The SMILES string of the molecule is N#Cc1cnn2c(-c3cc(NC45CCC(O)(CC4)CC5)c(C(=O)NCCO)cn3)ccc2c1. The molecule has 33 heavy (non-hydrogen) atoms. The van der Waals surface area contributed by atoms with Gasteiger partial charge in [0.25, 0.3) is 5.91 Å². The number of nitrogens with one attached hydrogen (secondary N) is 2. The van der Waals surface area contributed by atoms with E-state index >= 15 is 0 Å². The van der Waals surface area contributed by atoms with Gasteiger partial charge in [0.1, 0.15) is 6.07 Å². The second-order valence-corrected chi connectivity index (χ2v) is 9.14. The van der Waals surface area contributed by atoms with Crippen molar-refractivity contribution in [2.75, 3.05) is 18.5 Å². The Morgan fingerprint density at radius 2 is 1.91 bits per heavy atom. The van der Waals surface area contributed by atoms with Gasteiger partial charge in [0.05, 0.1) is 52.1 Å². The quantitative estimate of drug-likeness (QED) is 0.456. The highest BCUT2D eigenvalue weighted by molar-refractivity contribution is 6.00. The third kappa shape index (κ3) is 3.92. The molecule has 1 amide bonds. The van der Waals surface area contributed by atoms with Crippen molar-refractivity contribution >= 4 is 17.1 Å². The van der Waals surface area contributed by atoms with Crippen LogP contribution < -0.4 is 10.6 Å². The average molecular weight is 447 g/mol. The number of nitriles is 1. The molecule has 4 N–H and O–H groups in total. The number of pyridine rings is 1. The molecule has 0 atom stereocenters. The maximum atomic E-state index is 12.8. The summed E-state index contributed by atoms with van der Waals surface area (Å²) in [6.07, 6.45) is 7.82. The van der Waals surface area contributed by atoms with Crippen molar-refractivity contribution in [3.63, 3.8) is 0 Å². The topological polar surface area (TPSA) is 136 Å². The molecule has 3 aromatic rings. The van der Waals surface area contributed by atoms with Gasteiger partial charge < -0.3 is 20.8 Å². The van der Waals surface area contributed by atoms with Crippen LogP contribution >= 0.6 is 0 Å². The monoisotopic (exact) mass is 446 g/mol. The Labute approximate surface area is 191 Å². The normalized spacial score (nSPS) is 23.9. The second kappa shape index (κ2) is 8.14. The van der Waals surface area contributed by atoms with Crippen molar-refractivity contribution in [3.05, 3.63) is 47.8 Å². The van der Waals surface area contributed by atoms with E-state index in [2.05, 4.69) is 26.8 Å². The van der Waals surface area contributed by atoms with Crippen LogP contribution in [-0.2, 0) is 0 Å². The summed E-state index contributed by atoms with van der Waals surface area (Å²) >= 11 is 0. The van der Waals surface area contributed by atoms with Crippen LogP contribution in [0, 0.1) is 11.3 Å². The lowest BCUT2D eigenvalue weighted by molar-refractivity contribution is -0.0580. The number of hydrogen-bond acceptors (Lipinski definition) is 7. The van der Waals surface area contributed by atoms with Gasteiger partial charge in [-0.3, -0.25) is 9.78 Å². The molecule has 9 heteroatoms. The first-order valence-electron chi connectivity index (χ1n) is 11.2. The van der Waals surface area contributed by atoms with E-state index < -0.39 is 5.60 Å². The summed E-state index contributed by atoms with van der Waals surface area (Å²) in [7, 11) is 0. The zero-order valence-electron chi connectivity index (χ0n) is 18.2. The Hall–Kier alpha value is -3.48. The minimum absolute atomic E-state index is 0.144. The van der Waals surface area contributed by atoms with Gasteiger partial charge >= 0.3 is 0 Å². The van der Waals surface area contributed by atoms with Gasteiger partial charge in [-0.05, 0) is 62.8 Å². The number of amides is 1. The number of fused-ring (bicyclic) bond motifs is 4. The molecule has 3 aromatic heterocycles. The molecule has 0 saturated heterocycles. The summed E-state index contributed by atoms with van der Waals surface area (Å²) in [4.78, 5) is 17.3. The van der Waals surface area contributed by atoms with E-state index in [0.29, 0.717) is 22.5 Å². The molecule has 3 aliphatic carbocycles. The van der Waals surface area contributed by atoms with Crippen molar-refractivity contribution in [1.82, 2.24) is 19.9 Å². The van der Waals surface area contributed by atoms with Crippen LogP contribution in [0.3, 0.4) is 0 Å². The van der Waals surface area contributed by atoms with Crippen LogP contribution in [0.15, 0.2) is 36.7 Å². The molecular weight excluding hydrogens is 420 g/mol. The predicted octanol–water partition coefficient (Wildman–Crippen LogP) is 2.24. The van der Waals surface area contributed by atoms with E-state index in [1.54, 1.807) is 16.8 Å². The van der Waals surface area contributed by atoms with E-state index in [0.717, 1.165) is 49.7 Å². The molecule has 6 rings (SSSR count). The molecule has 3 heterocycles. The first-order chi connectivity index (χ1) is 15.9. The number of hydrogen-bond donors (Lipinski definition) is 4. The number of carbonyl (C=O) groups is 1. The predicted molar refractivity (Wildman–Crippen MR) is 122 cm³/mol. The Morgan fingerprint density at radius 3 is 2.61 bits per heavy atom. The highest BCUT2D eigenvalue weighted by Crippen LogP contribution is 2.48. The molecule has 0 radical (unpaired) electrons. The van der Waals surface area contributed by atoms with E-state index in [-0.39, 0.29) is 24.6 Å². The minimum atomic E-state index is -0.549. The summed E-state index contributed by atoms with van der Waals surface area (Å²) < 4.78 is 1.72. The van der Waals surface area contributed by atoms with Crippen molar-refractivity contribution in [3.8, 4) is 17.5 Å². The third-order valence-corrected chi connectivity index (χ3v) is 7.04. The van der Waals surface area contributed by atoms with E-state index in [1.807, 2.05) is 18.2 Å². The van der Waals surface area contributed by atoms with Gasteiger partial charge in [-0.2, -0.15) is 10.4 Å². The highest BCUT2D eigenvalue weighted by Gasteiger charge is 2.47. The number of rotatable bonds is 6. The van der Waals surface area contributed by atoms with E-state index in [1.165, 1.54) is 6.20 Å². The standard InChI is InChI=1S/C24H26N6O3/c25-13-16-11-17-1-2-21(30(17)28-14-16)20-12-19(18(15-27-20)22(32)26-9-10-31)29-23-3-6-24(33,7-4-23)8-5-23/h1-2,11-12,14-15,31,33H,3-10H2,(H,26,32)(H,27,29). The molecule has 3 fully saturated rings. The summed E-state index contributed by atoms with van der Waals surface area (Å²) in [6.45, 7) is 0.0156.